The molecule has 0 saturated heterocycles. The van der Waals surface area contributed by atoms with E-state index in [1.54, 1.807) is 12.4 Å². The Bertz CT molecular complexity index is 543. The highest BCUT2D eigenvalue weighted by Gasteiger charge is 2.03. The zero-order chi connectivity index (χ0) is 13.0. The lowest BCUT2D eigenvalue weighted by molar-refractivity contribution is 0.461. The van der Waals surface area contributed by atoms with Gasteiger partial charge >= 0.3 is 0 Å². The Kier molecular flexibility index (Phi) is 3.89. The Morgan fingerprint density at radius 1 is 1.22 bits per heavy atom. The minimum Gasteiger partial charge on any atom is -0.508 e. The van der Waals surface area contributed by atoms with Crippen molar-refractivity contribution >= 4 is 0 Å². The van der Waals surface area contributed by atoms with Crippen molar-refractivity contribution in [2.45, 2.75) is 20.0 Å². The fourth-order valence-corrected chi connectivity index (χ4v) is 1.73. The molecule has 2 rings (SSSR count). The van der Waals surface area contributed by atoms with Crippen LogP contribution in [0.3, 0.4) is 0 Å². The molecule has 1 aromatic carbocycles. The minimum atomic E-state index is -0.343. The summed E-state index contributed by atoms with van der Waals surface area (Å²) in [7, 11) is 0. The molecule has 0 spiro atoms. The van der Waals surface area contributed by atoms with Crippen molar-refractivity contribution in [2.75, 3.05) is 0 Å². The largest absolute Gasteiger partial charge is 0.508 e. The van der Waals surface area contributed by atoms with Crippen molar-refractivity contribution in [1.29, 1.82) is 0 Å². The molecule has 4 heteroatoms. The molecule has 1 aromatic heterocycles. The quantitative estimate of drug-likeness (QED) is 0.871. The molecule has 94 valence electrons. The maximum absolute atomic E-state index is 13.0. The smallest absolute Gasteiger partial charge is 0.123 e. The number of hydrogen-bond acceptors (Lipinski definition) is 3. The molecule has 0 aliphatic carbocycles. The van der Waals surface area contributed by atoms with Crippen LogP contribution in [0.4, 0.5) is 4.39 Å². The van der Waals surface area contributed by atoms with E-state index in [2.05, 4.69) is 10.3 Å². The number of rotatable bonds is 4. The first-order valence-corrected chi connectivity index (χ1v) is 5.74. The van der Waals surface area contributed by atoms with Crippen LogP contribution in [0.15, 0.2) is 36.7 Å². The second kappa shape index (κ2) is 5.60. The van der Waals surface area contributed by atoms with E-state index in [0.717, 1.165) is 11.1 Å². The summed E-state index contributed by atoms with van der Waals surface area (Å²) in [5.41, 5.74) is 2.80. The van der Waals surface area contributed by atoms with E-state index in [1.165, 1.54) is 18.2 Å². The van der Waals surface area contributed by atoms with Gasteiger partial charge in [0.1, 0.15) is 11.6 Å². The topological polar surface area (TPSA) is 45.2 Å². The van der Waals surface area contributed by atoms with Crippen LogP contribution in [0.1, 0.15) is 16.7 Å². The molecular weight excluding hydrogens is 231 g/mol. The molecule has 2 N–H and O–H groups in total. The lowest BCUT2D eigenvalue weighted by Crippen LogP contribution is -2.13. The fraction of sp³-hybridized carbons (Fsp3) is 0.214. The van der Waals surface area contributed by atoms with Gasteiger partial charge in [-0.05, 0) is 42.3 Å². The molecule has 0 unspecified atom stereocenters. The number of halogens is 1. The van der Waals surface area contributed by atoms with Gasteiger partial charge in [-0.3, -0.25) is 4.98 Å². The second-order valence-corrected chi connectivity index (χ2v) is 4.18. The SMILES string of the molecule is Cc1cnccc1CNCc1cc(F)ccc1O. The first-order valence-electron chi connectivity index (χ1n) is 5.74. The van der Waals surface area contributed by atoms with E-state index in [4.69, 9.17) is 0 Å². The molecule has 0 fully saturated rings. The van der Waals surface area contributed by atoms with Gasteiger partial charge in [-0.2, -0.15) is 0 Å². The molecule has 0 saturated carbocycles. The number of aromatic hydroxyl groups is 1. The van der Waals surface area contributed by atoms with Gasteiger partial charge in [0.05, 0.1) is 0 Å². The van der Waals surface area contributed by atoms with Gasteiger partial charge in [0.25, 0.3) is 0 Å². The standard InChI is InChI=1S/C14H15FN2O/c1-10-7-16-5-4-11(10)8-17-9-12-6-13(15)2-3-14(12)18/h2-7,17-18H,8-9H2,1H3. The predicted molar refractivity (Wildman–Crippen MR) is 67.6 cm³/mol. The Labute approximate surface area is 105 Å². The fourth-order valence-electron chi connectivity index (χ4n) is 1.73. The lowest BCUT2D eigenvalue weighted by Gasteiger charge is -2.08. The number of phenolic OH excluding ortho intramolecular Hbond substituents is 1. The summed E-state index contributed by atoms with van der Waals surface area (Å²) in [5, 5.41) is 12.7. The number of hydrogen-bond donors (Lipinski definition) is 2. The number of aryl methyl sites for hydroxylation is 1. The monoisotopic (exact) mass is 246 g/mol. The summed E-state index contributed by atoms with van der Waals surface area (Å²) < 4.78 is 13.0. The first kappa shape index (κ1) is 12.5. The average Bonchev–Trinajstić information content (AvgIpc) is 2.36. The summed E-state index contributed by atoms with van der Waals surface area (Å²) in [6, 6.07) is 5.88. The normalized spacial score (nSPS) is 10.6. The van der Waals surface area contributed by atoms with Crippen LogP contribution in [-0.4, -0.2) is 10.1 Å². The summed E-state index contributed by atoms with van der Waals surface area (Å²) in [6.45, 7) is 3.07. The van der Waals surface area contributed by atoms with E-state index in [0.29, 0.717) is 18.7 Å². The van der Waals surface area contributed by atoms with E-state index in [1.807, 2.05) is 13.0 Å². The van der Waals surface area contributed by atoms with Crippen LogP contribution in [0, 0.1) is 12.7 Å². The highest BCUT2D eigenvalue weighted by Crippen LogP contribution is 2.17. The Balaban J connectivity index is 1.96. The molecule has 0 aliphatic rings. The Morgan fingerprint density at radius 2 is 2.00 bits per heavy atom. The summed E-state index contributed by atoms with van der Waals surface area (Å²) in [6.07, 6.45) is 3.54. The minimum absolute atomic E-state index is 0.107. The highest BCUT2D eigenvalue weighted by molar-refractivity contribution is 5.32. The van der Waals surface area contributed by atoms with Crippen LogP contribution in [0.2, 0.25) is 0 Å². The summed E-state index contributed by atoms with van der Waals surface area (Å²) >= 11 is 0. The van der Waals surface area contributed by atoms with E-state index < -0.39 is 0 Å². The molecule has 0 radical (unpaired) electrons. The van der Waals surface area contributed by atoms with Gasteiger partial charge in [0.2, 0.25) is 0 Å². The molecule has 0 atom stereocenters. The second-order valence-electron chi connectivity index (χ2n) is 4.18. The molecule has 3 nitrogen and oxygen atoms in total. The molecule has 18 heavy (non-hydrogen) atoms. The highest BCUT2D eigenvalue weighted by atomic mass is 19.1. The van der Waals surface area contributed by atoms with Crippen molar-refractivity contribution in [3.8, 4) is 5.75 Å². The van der Waals surface area contributed by atoms with Crippen molar-refractivity contribution in [3.63, 3.8) is 0 Å². The lowest BCUT2D eigenvalue weighted by atomic mass is 10.1. The molecule has 0 amide bonds. The maximum atomic E-state index is 13.0. The third-order valence-corrected chi connectivity index (χ3v) is 2.81. The third-order valence-electron chi connectivity index (χ3n) is 2.81. The van der Waals surface area contributed by atoms with Gasteiger partial charge in [-0.1, -0.05) is 0 Å². The van der Waals surface area contributed by atoms with E-state index in [-0.39, 0.29) is 11.6 Å². The first-order chi connectivity index (χ1) is 8.66. The van der Waals surface area contributed by atoms with Crippen LogP contribution >= 0.6 is 0 Å². The number of nitrogens with one attached hydrogen (secondary N) is 1. The molecule has 0 bridgehead atoms. The van der Waals surface area contributed by atoms with Crippen LogP contribution < -0.4 is 5.32 Å². The van der Waals surface area contributed by atoms with E-state index in [9.17, 15) is 9.50 Å². The van der Waals surface area contributed by atoms with E-state index >= 15 is 0 Å². The number of pyridine rings is 1. The van der Waals surface area contributed by atoms with Crippen LogP contribution in [-0.2, 0) is 13.1 Å². The molecule has 2 aromatic rings. The number of nitrogens with zero attached hydrogens (tertiary/aromatic N) is 1. The van der Waals surface area contributed by atoms with Gasteiger partial charge in [0, 0.05) is 31.0 Å². The number of phenols is 1. The molecule has 1 heterocycles. The van der Waals surface area contributed by atoms with Gasteiger partial charge in [-0.25, -0.2) is 4.39 Å². The summed E-state index contributed by atoms with van der Waals surface area (Å²) in [4.78, 5) is 4.02. The zero-order valence-electron chi connectivity index (χ0n) is 10.2. The van der Waals surface area contributed by atoms with Crippen molar-refractivity contribution in [1.82, 2.24) is 10.3 Å². The van der Waals surface area contributed by atoms with Gasteiger partial charge in [0.15, 0.2) is 0 Å². The zero-order valence-corrected chi connectivity index (χ0v) is 10.2. The van der Waals surface area contributed by atoms with Crippen molar-refractivity contribution in [2.24, 2.45) is 0 Å². The summed E-state index contributed by atoms with van der Waals surface area (Å²) in [5.74, 6) is -0.236. The average molecular weight is 246 g/mol. The van der Waals surface area contributed by atoms with Crippen molar-refractivity contribution < 1.29 is 9.50 Å². The molecular formula is C14H15FN2O. The Hall–Kier alpha value is -1.94. The van der Waals surface area contributed by atoms with Crippen LogP contribution in [0.5, 0.6) is 5.75 Å². The number of aromatic nitrogens is 1. The molecule has 0 aliphatic heterocycles. The predicted octanol–water partition coefficient (Wildman–Crippen LogP) is 2.52. The maximum Gasteiger partial charge on any atom is 0.123 e. The third kappa shape index (κ3) is 3.05. The van der Waals surface area contributed by atoms with Crippen LogP contribution in [0.25, 0.3) is 0 Å². The Morgan fingerprint density at radius 3 is 2.78 bits per heavy atom. The van der Waals surface area contributed by atoms with Gasteiger partial charge < -0.3 is 10.4 Å². The number of benzene rings is 1. The van der Waals surface area contributed by atoms with Gasteiger partial charge in [-0.15, -0.1) is 0 Å². The van der Waals surface area contributed by atoms with Crippen molar-refractivity contribution in [3.05, 3.63) is 59.2 Å².